The summed E-state index contributed by atoms with van der Waals surface area (Å²) in [5.41, 5.74) is 1.99. The molecule has 0 aliphatic heterocycles. The Hall–Kier alpha value is -2.14. The van der Waals surface area contributed by atoms with Crippen LogP contribution in [0, 0.1) is 5.41 Å². The lowest BCUT2D eigenvalue weighted by molar-refractivity contribution is -0.141. The van der Waals surface area contributed by atoms with Crippen LogP contribution < -0.4 is 5.32 Å². The second-order valence-corrected chi connectivity index (χ2v) is 9.25. The number of rotatable bonds is 11. The van der Waals surface area contributed by atoms with Crippen LogP contribution in [0.1, 0.15) is 52.5 Å². The van der Waals surface area contributed by atoms with Gasteiger partial charge in [0.15, 0.2) is 0 Å². The van der Waals surface area contributed by atoms with E-state index >= 15 is 0 Å². The minimum Gasteiger partial charge on any atom is -0.480 e. The number of carbonyl (C=O) groups is 2. The number of carbonyl (C=O) groups excluding carboxylic acids is 1. The minimum atomic E-state index is -1.04. The average molecular weight is 462 g/mol. The summed E-state index contributed by atoms with van der Waals surface area (Å²) >= 11 is 3.43. The molecule has 0 unspecified atom stereocenters. The Labute approximate surface area is 182 Å². The van der Waals surface area contributed by atoms with E-state index in [1.54, 1.807) is 0 Å². The number of nitrogens with one attached hydrogen (secondary N) is 1. The number of halogens is 1. The minimum absolute atomic E-state index is 0.196. The lowest BCUT2D eigenvalue weighted by atomic mass is 9.87. The van der Waals surface area contributed by atoms with Gasteiger partial charge in [0.25, 0.3) is 0 Å². The number of carboxylic acids is 1. The summed E-state index contributed by atoms with van der Waals surface area (Å²) in [5, 5.41) is 12.0. The van der Waals surface area contributed by atoms with Gasteiger partial charge in [0.05, 0.1) is 0 Å². The van der Waals surface area contributed by atoms with E-state index in [9.17, 15) is 14.7 Å². The Bertz CT molecular complexity index is 760. The second kappa shape index (κ2) is 12.4. The van der Waals surface area contributed by atoms with Crippen molar-refractivity contribution in [1.82, 2.24) is 5.32 Å². The zero-order chi connectivity index (χ0) is 21.9. The lowest BCUT2D eigenvalue weighted by Crippen LogP contribution is -2.41. The third kappa shape index (κ3) is 11.4. The molecular weight excluding hydrogens is 430 g/mol. The van der Waals surface area contributed by atoms with Gasteiger partial charge in [-0.2, -0.15) is 0 Å². The number of carboxylic acid groups (broad SMARTS) is 1. The molecule has 0 saturated heterocycles. The average Bonchev–Trinajstić information content (AvgIpc) is 2.65. The fraction of sp³-hybridized carbons (Fsp3) is 0.417. The molecule has 0 heterocycles. The summed E-state index contributed by atoms with van der Waals surface area (Å²) in [6.45, 7) is 8.25. The van der Waals surface area contributed by atoms with Crippen LogP contribution in [0.5, 0.6) is 0 Å². The van der Waals surface area contributed by atoms with Crippen LogP contribution in [0.4, 0.5) is 0 Å². The van der Waals surface area contributed by atoms with E-state index in [2.05, 4.69) is 54.2 Å². The fourth-order valence-corrected chi connectivity index (χ4v) is 2.91. The Morgan fingerprint density at radius 1 is 1.17 bits per heavy atom. The third-order valence-electron chi connectivity index (χ3n) is 4.52. The summed E-state index contributed by atoms with van der Waals surface area (Å²) in [6, 6.07) is 8.33. The van der Waals surface area contributed by atoms with Crippen molar-refractivity contribution < 1.29 is 14.7 Å². The summed E-state index contributed by atoms with van der Waals surface area (Å²) in [4.78, 5) is 23.7. The van der Waals surface area contributed by atoms with Gasteiger partial charge in [0, 0.05) is 6.42 Å². The molecule has 2 N–H and O–H groups in total. The van der Waals surface area contributed by atoms with Crippen molar-refractivity contribution in [2.45, 2.75) is 59.4 Å². The first-order valence-corrected chi connectivity index (χ1v) is 10.6. The van der Waals surface area contributed by atoms with Crippen molar-refractivity contribution in [3.05, 3.63) is 70.3 Å². The van der Waals surface area contributed by atoms with Crippen LogP contribution in [-0.4, -0.2) is 23.0 Å². The number of benzene rings is 1. The number of aliphatic carboxylic acids is 1. The van der Waals surface area contributed by atoms with Gasteiger partial charge in [0.1, 0.15) is 6.04 Å². The first kappa shape index (κ1) is 24.9. The molecule has 0 aromatic heterocycles. The predicted molar refractivity (Wildman–Crippen MR) is 123 cm³/mol. The second-order valence-electron chi connectivity index (χ2n) is 8.00. The van der Waals surface area contributed by atoms with Crippen molar-refractivity contribution >= 4 is 27.8 Å². The third-order valence-corrected chi connectivity index (χ3v) is 4.85. The highest BCUT2D eigenvalue weighted by Gasteiger charge is 2.20. The molecule has 1 atom stereocenters. The van der Waals surface area contributed by atoms with Crippen LogP contribution in [0.3, 0.4) is 0 Å². The van der Waals surface area contributed by atoms with Crippen molar-refractivity contribution in [3.63, 3.8) is 0 Å². The van der Waals surface area contributed by atoms with Crippen LogP contribution in [-0.2, 0) is 16.0 Å². The molecule has 1 aromatic carbocycles. The van der Waals surface area contributed by atoms with Gasteiger partial charge < -0.3 is 10.4 Å². The molecule has 0 aliphatic carbocycles. The standard InChI is InChI=1S/C24H32BrNO3/c1-18(9-8-10-19(2)25)13-15-24(3,4)16-14-22(27)26-21(23(28)29)17-20-11-6-5-7-12-20/h5-7,10-14,16,21H,8-9,15,17H2,1-4H3,(H,26,27)(H,28,29)/b16-14+,18-13+,19-10+/t21-/m0/s1. The van der Waals surface area contributed by atoms with E-state index in [1.807, 2.05) is 43.3 Å². The van der Waals surface area contributed by atoms with Gasteiger partial charge in [-0.3, -0.25) is 4.79 Å². The van der Waals surface area contributed by atoms with Gasteiger partial charge in [-0.25, -0.2) is 4.79 Å². The van der Waals surface area contributed by atoms with E-state index in [1.165, 1.54) is 11.6 Å². The molecule has 5 heteroatoms. The van der Waals surface area contributed by atoms with E-state index in [-0.39, 0.29) is 17.7 Å². The molecule has 0 bridgehead atoms. The first-order valence-electron chi connectivity index (χ1n) is 9.83. The largest absolute Gasteiger partial charge is 0.480 e. The van der Waals surface area contributed by atoms with Gasteiger partial charge in [-0.1, -0.05) is 83.9 Å². The Morgan fingerprint density at radius 2 is 1.83 bits per heavy atom. The zero-order valence-corrected chi connectivity index (χ0v) is 19.3. The predicted octanol–water partition coefficient (Wildman–Crippen LogP) is 5.80. The SMILES string of the molecule is C/C(Br)=C\CC/C(C)=C/CC(C)(C)/C=C/C(=O)N[C@@H](Cc1ccccc1)C(=O)O. The van der Waals surface area contributed by atoms with E-state index in [0.29, 0.717) is 0 Å². The van der Waals surface area contributed by atoms with Crippen LogP contribution in [0.2, 0.25) is 0 Å². The molecule has 1 aromatic rings. The molecule has 0 radical (unpaired) electrons. The van der Waals surface area contributed by atoms with Gasteiger partial charge in [0.2, 0.25) is 5.91 Å². The zero-order valence-electron chi connectivity index (χ0n) is 17.7. The van der Waals surface area contributed by atoms with Gasteiger partial charge in [-0.05, 0) is 54.6 Å². The lowest BCUT2D eigenvalue weighted by Gasteiger charge is -2.19. The summed E-state index contributed by atoms with van der Waals surface area (Å²) in [6.07, 6.45) is 10.7. The van der Waals surface area contributed by atoms with Crippen molar-refractivity contribution in [2.24, 2.45) is 5.41 Å². The van der Waals surface area contributed by atoms with Gasteiger partial charge in [-0.15, -0.1) is 0 Å². The van der Waals surface area contributed by atoms with E-state index in [4.69, 9.17) is 0 Å². The topological polar surface area (TPSA) is 66.4 Å². The highest BCUT2D eigenvalue weighted by atomic mass is 79.9. The molecule has 29 heavy (non-hydrogen) atoms. The Morgan fingerprint density at radius 3 is 2.41 bits per heavy atom. The van der Waals surface area contributed by atoms with Crippen molar-refractivity contribution in [2.75, 3.05) is 0 Å². The van der Waals surface area contributed by atoms with Crippen molar-refractivity contribution in [3.8, 4) is 0 Å². The van der Waals surface area contributed by atoms with Crippen LogP contribution >= 0.6 is 15.9 Å². The highest BCUT2D eigenvalue weighted by molar-refractivity contribution is 9.11. The summed E-state index contributed by atoms with van der Waals surface area (Å²) in [7, 11) is 0. The van der Waals surface area contributed by atoms with Crippen LogP contribution in [0.15, 0.2) is 64.7 Å². The van der Waals surface area contributed by atoms with Gasteiger partial charge >= 0.3 is 5.97 Å². The van der Waals surface area contributed by atoms with E-state index in [0.717, 1.165) is 29.3 Å². The smallest absolute Gasteiger partial charge is 0.326 e. The molecule has 158 valence electrons. The van der Waals surface area contributed by atoms with Crippen molar-refractivity contribution in [1.29, 1.82) is 0 Å². The number of hydrogen-bond acceptors (Lipinski definition) is 2. The maximum atomic E-state index is 12.3. The molecule has 0 spiro atoms. The monoisotopic (exact) mass is 461 g/mol. The molecule has 4 nitrogen and oxygen atoms in total. The molecule has 0 saturated carbocycles. The Kier molecular flexibility index (Phi) is 10.7. The number of allylic oxidation sites excluding steroid dienone is 5. The Balaban J connectivity index is 2.60. The number of amides is 1. The normalized spacial score (nSPS) is 14.1. The quantitative estimate of drug-likeness (QED) is 0.323. The maximum Gasteiger partial charge on any atom is 0.326 e. The molecule has 0 fully saturated rings. The first-order chi connectivity index (χ1) is 13.6. The highest BCUT2D eigenvalue weighted by Crippen LogP contribution is 2.24. The molecular formula is C24H32BrNO3. The molecule has 1 amide bonds. The summed E-state index contributed by atoms with van der Waals surface area (Å²) < 4.78 is 1.14. The molecule has 1 rings (SSSR count). The van der Waals surface area contributed by atoms with Crippen LogP contribution in [0.25, 0.3) is 0 Å². The van der Waals surface area contributed by atoms with E-state index < -0.39 is 12.0 Å². The molecule has 0 aliphatic rings. The fourth-order valence-electron chi connectivity index (χ4n) is 2.68. The summed E-state index contributed by atoms with van der Waals surface area (Å²) in [5.74, 6) is -1.43. The number of hydrogen-bond donors (Lipinski definition) is 2. The maximum absolute atomic E-state index is 12.3.